The van der Waals surface area contributed by atoms with Gasteiger partial charge < -0.3 is 0 Å². The van der Waals surface area contributed by atoms with Crippen LogP contribution >= 0.6 is 0 Å². The summed E-state index contributed by atoms with van der Waals surface area (Å²) in [5, 5.41) is 0. The Kier molecular flexibility index (Phi) is 5.85. The summed E-state index contributed by atoms with van der Waals surface area (Å²) in [6, 6.07) is 32.5. The second kappa shape index (κ2) is 8.49. The molecule has 0 bridgehead atoms. The van der Waals surface area contributed by atoms with Crippen molar-refractivity contribution in [3.8, 4) is 0 Å². The highest BCUT2D eigenvalue weighted by atomic mass is 14.2. The molecule has 0 aliphatic carbocycles. The molecule has 1 atom stereocenters. The molecule has 1 unspecified atom stereocenters. The molecule has 0 fully saturated rings. The van der Waals surface area contributed by atoms with Gasteiger partial charge in [-0.2, -0.15) is 0 Å². The van der Waals surface area contributed by atoms with Crippen LogP contribution < -0.4 is 0 Å². The lowest BCUT2D eigenvalue weighted by Gasteiger charge is -2.21. The summed E-state index contributed by atoms with van der Waals surface area (Å²) in [6.07, 6.45) is 3.26. The standard InChI is InChI=1S/C24H25/c1-20(24-15-9-4-10-16-24)17-23(18-21-11-5-2-6-12-21)19-22-13-7-3-8-14-22/h2-16,20H,17-19H2,1H3. The zero-order valence-electron chi connectivity index (χ0n) is 14.4. The van der Waals surface area contributed by atoms with Crippen molar-refractivity contribution in [3.63, 3.8) is 0 Å². The maximum atomic E-state index is 2.34. The van der Waals surface area contributed by atoms with Gasteiger partial charge in [-0.3, -0.25) is 0 Å². The predicted molar refractivity (Wildman–Crippen MR) is 103 cm³/mol. The summed E-state index contributed by atoms with van der Waals surface area (Å²) in [5.41, 5.74) is 4.24. The van der Waals surface area contributed by atoms with Crippen molar-refractivity contribution in [1.82, 2.24) is 0 Å². The molecule has 3 aromatic rings. The second-order valence-corrected chi connectivity index (χ2v) is 6.59. The monoisotopic (exact) mass is 313 g/mol. The van der Waals surface area contributed by atoms with E-state index in [9.17, 15) is 0 Å². The van der Waals surface area contributed by atoms with Crippen molar-refractivity contribution in [2.45, 2.75) is 32.1 Å². The Balaban J connectivity index is 1.73. The normalized spacial score (nSPS) is 12.2. The molecule has 0 saturated heterocycles. The van der Waals surface area contributed by atoms with Crippen LogP contribution in [0.3, 0.4) is 0 Å². The lowest BCUT2D eigenvalue weighted by molar-refractivity contribution is 0.640. The van der Waals surface area contributed by atoms with Crippen LogP contribution in [0.5, 0.6) is 0 Å². The Hall–Kier alpha value is -2.34. The second-order valence-electron chi connectivity index (χ2n) is 6.59. The molecule has 0 saturated carbocycles. The van der Waals surface area contributed by atoms with Gasteiger partial charge in [0.15, 0.2) is 0 Å². The van der Waals surface area contributed by atoms with Crippen LogP contribution in [0.2, 0.25) is 0 Å². The van der Waals surface area contributed by atoms with E-state index in [-0.39, 0.29) is 0 Å². The third-order valence-electron chi connectivity index (χ3n) is 4.56. The minimum atomic E-state index is 0.550. The lowest BCUT2D eigenvalue weighted by atomic mass is 9.83. The first-order chi connectivity index (χ1) is 11.8. The molecule has 1 radical (unpaired) electrons. The van der Waals surface area contributed by atoms with Crippen LogP contribution in [-0.2, 0) is 12.8 Å². The molecule has 0 aliphatic heterocycles. The lowest BCUT2D eigenvalue weighted by Crippen LogP contribution is -2.10. The summed E-state index contributed by atoms with van der Waals surface area (Å²) in [7, 11) is 0. The van der Waals surface area contributed by atoms with E-state index in [0.717, 1.165) is 19.3 Å². The van der Waals surface area contributed by atoms with Gasteiger partial charge in [0.05, 0.1) is 0 Å². The zero-order chi connectivity index (χ0) is 16.6. The molecule has 0 N–H and O–H groups in total. The number of hydrogen-bond donors (Lipinski definition) is 0. The smallest absolute Gasteiger partial charge is 0.0148 e. The zero-order valence-corrected chi connectivity index (χ0v) is 14.4. The topological polar surface area (TPSA) is 0 Å². The third kappa shape index (κ3) is 4.83. The molecular formula is C24H25. The van der Waals surface area contributed by atoms with Crippen LogP contribution in [0.1, 0.15) is 36.0 Å². The minimum Gasteiger partial charge on any atom is -0.0622 e. The number of benzene rings is 3. The Morgan fingerprint density at radius 3 is 1.50 bits per heavy atom. The summed E-state index contributed by atoms with van der Waals surface area (Å²) >= 11 is 0. The van der Waals surface area contributed by atoms with Crippen LogP contribution in [0, 0.1) is 5.92 Å². The van der Waals surface area contributed by atoms with E-state index in [1.165, 1.54) is 16.7 Å². The fraction of sp³-hybridized carbons (Fsp3) is 0.208. The Morgan fingerprint density at radius 2 is 1.04 bits per heavy atom. The minimum absolute atomic E-state index is 0.550. The maximum Gasteiger partial charge on any atom is -0.0148 e. The van der Waals surface area contributed by atoms with Crippen LogP contribution in [0.4, 0.5) is 0 Å². The average molecular weight is 313 g/mol. The van der Waals surface area contributed by atoms with E-state index < -0.39 is 0 Å². The molecule has 0 aliphatic rings. The van der Waals surface area contributed by atoms with E-state index in [4.69, 9.17) is 0 Å². The van der Waals surface area contributed by atoms with E-state index in [1.54, 1.807) is 5.92 Å². The molecule has 3 aromatic carbocycles. The van der Waals surface area contributed by atoms with Crippen molar-refractivity contribution in [1.29, 1.82) is 0 Å². The molecule has 121 valence electrons. The van der Waals surface area contributed by atoms with Gasteiger partial charge in [-0.15, -0.1) is 0 Å². The van der Waals surface area contributed by atoms with Gasteiger partial charge in [-0.25, -0.2) is 0 Å². The number of hydrogen-bond acceptors (Lipinski definition) is 0. The van der Waals surface area contributed by atoms with Gasteiger partial charge in [0.1, 0.15) is 0 Å². The van der Waals surface area contributed by atoms with Crippen molar-refractivity contribution in [3.05, 3.63) is 114 Å². The SMILES string of the molecule is CC(C[C](Cc1ccccc1)Cc1ccccc1)c1ccccc1. The molecule has 24 heavy (non-hydrogen) atoms. The number of rotatable bonds is 7. The molecule has 0 amide bonds. The Labute approximate surface area is 146 Å². The highest BCUT2D eigenvalue weighted by molar-refractivity contribution is 5.27. The van der Waals surface area contributed by atoms with Gasteiger partial charge in [-0.05, 0) is 47.8 Å². The summed E-state index contributed by atoms with van der Waals surface area (Å²) < 4.78 is 0. The van der Waals surface area contributed by atoms with Crippen LogP contribution in [-0.4, -0.2) is 0 Å². The fourth-order valence-electron chi connectivity index (χ4n) is 3.31. The maximum absolute atomic E-state index is 2.34. The van der Waals surface area contributed by atoms with Crippen molar-refractivity contribution in [2.75, 3.05) is 0 Å². The highest BCUT2D eigenvalue weighted by Crippen LogP contribution is 2.29. The Morgan fingerprint density at radius 1 is 0.625 bits per heavy atom. The van der Waals surface area contributed by atoms with Crippen LogP contribution in [0.15, 0.2) is 91.0 Å². The van der Waals surface area contributed by atoms with Gasteiger partial charge in [0.2, 0.25) is 0 Å². The Bertz CT molecular complexity index is 659. The molecule has 0 heteroatoms. The molecule has 0 aromatic heterocycles. The third-order valence-corrected chi connectivity index (χ3v) is 4.56. The van der Waals surface area contributed by atoms with E-state index in [1.807, 2.05) is 0 Å². The summed E-state index contributed by atoms with van der Waals surface area (Å²) in [6.45, 7) is 2.34. The van der Waals surface area contributed by atoms with Crippen LogP contribution in [0.25, 0.3) is 0 Å². The van der Waals surface area contributed by atoms with Gasteiger partial charge in [0.25, 0.3) is 0 Å². The average Bonchev–Trinajstić information content (AvgIpc) is 2.64. The van der Waals surface area contributed by atoms with E-state index in [0.29, 0.717) is 5.92 Å². The molecule has 0 spiro atoms. The van der Waals surface area contributed by atoms with Gasteiger partial charge in [-0.1, -0.05) is 97.9 Å². The van der Waals surface area contributed by atoms with E-state index >= 15 is 0 Å². The van der Waals surface area contributed by atoms with Crippen molar-refractivity contribution >= 4 is 0 Å². The highest BCUT2D eigenvalue weighted by Gasteiger charge is 2.16. The van der Waals surface area contributed by atoms with Crippen molar-refractivity contribution < 1.29 is 0 Å². The summed E-state index contributed by atoms with van der Waals surface area (Å²) in [4.78, 5) is 0. The van der Waals surface area contributed by atoms with Gasteiger partial charge in [0, 0.05) is 0 Å². The molecule has 3 rings (SSSR count). The van der Waals surface area contributed by atoms with Crippen molar-refractivity contribution in [2.24, 2.45) is 0 Å². The summed E-state index contributed by atoms with van der Waals surface area (Å²) in [5.74, 6) is 2.15. The predicted octanol–water partition coefficient (Wildman–Crippen LogP) is 6.24. The first-order valence-corrected chi connectivity index (χ1v) is 8.77. The molecule has 0 heterocycles. The molecule has 0 nitrogen and oxygen atoms in total. The van der Waals surface area contributed by atoms with E-state index in [2.05, 4.69) is 97.9 Å². The first-order valence-electron chi connectivity index (χ1n) is 8.77. The van der Waals surface area contributed by atoms with Gasteiger partial charge >= 0.3 is 0 Å². The molecular weight excluding hydrogens is 288 g/mol. The fourth-order valence-corrected chi connectivity index (χ4v) is 3.31. The largest absolute Gasteiger partial charge is 0.0622 e. The first kappa shape index (κ1) is 16.5. The quantitative estimate of drug-likeness (QED) is 0.484.